The standard InChI is InChI=1S/C21H24N4O2S/c1-4-15-7-5-6-8-16(15)22-19(26)12-25(3)20(27)13-28-21-23-17-10-9-14(2)11-18(17)24-21/h5-11H,4,12-13H2,1-3H3,(H,22,26)(H,23,24). The molecule has 2 amide bonds. The van der Waals surface area contributed by atoms with E-state index in [2.05, 4.69) is 15.3 Å². The molecule has 0 fully saturated rings. The highest BCUT2D eigenvalue weighted by atomic mass is 32.2. The molecule has 0 aliphatic carbocycles. The number of anilines is 1. The number of para-hydroxylation sites is 1. The van der Waals surface area contributed by atoms with Crippen molar-refractivity contribution in [2.75, 3.05) is 24.7 Å². The number of nitrogens with zero attached hydrogens (tertiary/aromatic N) is 2. The summed E-state index contributed by atoms with van der Waals surface area (Å²) in [7, 11) is 1.64. The van der Waals surface area contributed by atoms with Crippen LogP contribution in [0.5, 0.6) is 0 Å². The first-order valence-electron chi connectivity index (χ1n) is 9.17. The minimum Gasteiger partial charge on any atom is -0.336 e. The summed E-state index contributed by atoms with van der Waals surface area (Å²) < 4.78 is 0. The molecule has 3 aromatic rings. The summed E-state index contributed by atoms with van der Waals surface area (Å²) in [6, 6.07) is 13.7. The first-order chi connectivity index (χ1) is 13.5. The molecule has 0 saturated carbocycles. The molecule has 6 nitrogen and oxygen atoms in total. The number of aromatic amines is 1. The zero-order chi connectivity index (χ0) is 20.1. The van der Waals surface area contributed by atoms with Gasteiger partial charge in [-0.3, -0.25) is 9.59 Å². The van der Waals surface area contributed by atoms with Crippen LogP contribution >= 0.6 is 11.8 Å². The van der Waals surface area contributed by atoms with Crippen LogP contribution < -0.4 is 5.32 Å². The Hall–Kier alpha value is -2.80. The Morgan fingerprint density at radius 2 is 2.00 bits per heavy atom. The predicted molar refractivity (Wildman–Crippen MR) is 114 cm³/mol. The molecule has 28 heavy (non-hydrogen) atoms. The molecular weight excluding hydrogens is 372 g/mol. The minimum atomic E-state index is -0.207. The molecule has 0 aliphatic heterocycles. The highest BCUT2D eigenvalue weighted by molar-refractivity contribution is 7.99. The summed E-state index contributed by atoms with van der Waals surface area (Å²) >= 11 is 1.34. The zero-order valence-corrected chi connectivity index (χ0v) is 17.1. The van der Waals surface area contributed by atoms with Gasteiger partial charge in [-0.25, -0.2) is 4.98 Å². The maximum Gasteiger partial charge on any atom is 0.243 e. The van der Waals surface area contributed by atoms with Gasteiger partial charge < -0.3 is 15.2 Å². The van der Waals surface area contributed by atoms with Crippen LogP contribution in [0.2, 0.25) is 0 Å². The molecular formula is C21H24N4O2S. The first kappa shape index (κ1) is 19.9. The number of rotatable bonds is 7. The van der Waals surface area contributed by atoms with E-state index in [9.17, 15) is 9.59 Å². The zero-order valence-electron chi connectivity index (χ0n) is 16.3. The van der Waals surface area contributed by atoms with Gasteiger partial charge in [0.1, 0.15) is 0 Å². The number of aromatic nitrogens is 2. The van der Waals surface area contributed by atoms with Gasteiger partial charge >= 0.3 is 0 Å². The molecule has 1 aromatic heterocycles. The summed E-state index contributed by atoms with van der Waals surface area (Å²) in [5.41, 5.74) is 4.85. The van der Waals surface area contributed by atoms with Crippen molar-refractivity contribution in [3.8, 4) is 0 Å². The van der Waals surface area contributed by atoms with E-state index in [-0.39, 0.29) is 24.1 Å². The third-order valence-corrected chi connectivity index (χ3v) is 5.28. The number of carbonyl (C=O) groups excluding carboxylic acids is 2. The van der Waals surface area contributed by atoms with Crippen LogP contribution in [-0.2, 0) is 16.0 Å². The molecule has 0 unspecified atom stereocenters. The molecule has 0 spiro atoms. The highest BCUT2D eigenvalue weighted by Gasteiger charge is 2.15. The number of thioether (sulfide) groups is 1. The number of aryl methyl sites for hydroxylation is 2. The highest BCUT2D eigenvalue weighted by Crippen LogP contribution is 2.20. The molecule has 0 radical (unpaired) electrons. The van der Waals surface area contributed by atoms with Gasteiger partial charge in [-0.1, -0.05) is 43.0 Å². The lowest BCUT2D eigenvalue weighted by atomic mass is 10.1. The average Bonchev–Trinajstić information content (AvgIpc) is 3.08. The lowest BCUT2D eigenvalue weighted by Crippen LogP contribution is -2.36. The third kappa shape index (κ3) is 4.92. The monoisotopic (exact) mass is 396 g/mol. The second-order valence-corrected chi connectivity index (χ2v) is 7.62. The molecule has 0 saturated heterocycles. The number of likely N-dealkylation sites (N-methyl/N-ethyl adjacent to an activating group) is 1. The Morgan fingerprint density at radius 3 is 2.79 bits per heavy atom. The number of hydrogen-bond donors (Lipinski definition) is 2. The summed E-state index contributed by atoms with van der Waals surface area (Å²) in [5.74, 6) is -0.116. The van der Waals surface area contributed by atoms with Crippen LogP contribution in [0.25, 0.3) is 11.0 Å². The maximum atomic E-state index is 12.4. The third-order valence-electron chi connectivity index (χ3n) is 4.43. The van der Waals surface area contributed by atoms with Crippen molar-refractivity contribution in [1.29, 1.82) is 0 Å². The number of amides is 2. The van der Waals surface area contributed by atoms with Gasteiger partial charge in [0.25, 0.3) is 0 Å². The van der Waals surface area contributed by atoms with Gasteiger partial charge in [-0.15, -0.1) is 0 Å². The first-order valence-corrected chi connectivity index (χ1v) is 10.2. The minimum absolute atomic E-state index is 0.0107. The fourth-order valence-corrected chi connectivity index (χ4v) is 3.68. The normalized spacial score (nSPS) is 10.8. The molecule has 2 N–H and O–H groups in total. The fourth-order valence-electron chi connectivity index (χ4n) is 2.85. The van der Waals surface area contributed by atoms with E-state index in [0.717, 1.165) is 34.3 Å². The predicted octanol–water partition coefficient (Wildman–Crippen LogP) is 3.62. The number of benzene rings is 2. The van der Waals surface area contributed by atoms with Crippen molar-refractivity contribution in [1.82, 2.24) is 14.9 Å². The van der Waals surface area contributed by atoms with E-state index < -0.39 is 0 Å². The van der Waals surface area contributed by atoms with E-state index in [1.807, 2.05) is 56.3 Å². The second-order valence-electron chi connectivity index (χ2n) is 6.66. The number of fused-ring (bicyclic) bond motifs is 1. The Kier molecular flexibility index (Phi) is 6.36. The van der Waals surface area contributed by atoms with E-state index in [1.54, 1.807) is 7.05 Å². The maximum absolute atomic E-state index is 12.4. The van der Waals surface area contributed by atoms with Gasteiger partial charge in [-0.2, -0.15) is 0 Å². The SMILES string of the molecule is CCc1ccccc1NC(=O)CN(C)C(=O)CSc1nc2ccc(C)cc2[nH]1. The van der Waals surface area contributed by atoms with E-state index in [4.69, 9.17) is 0 Å². The number of H-pyrrole nitrogens is 1. The van der Waals surface area contributed by atoms with Crippen LogP contribution in [0, 0.1) is 6.92 Å². The van der Waals surface area contributed by atoms with Crippen molar-refractivity contribution >= 4 is 40.3 Å². The Morgan fingerprint density at radius 1 is 1.21 bits per heavy atom. The van der Waals surface area contributed by atoms with Crippen molar-refractivity contribution < 1.29 is 9.59 Å². The second kappa shape index (κ2) is 8.93. The largest absolute Gasteiger partial charge is 0.336 e. The van der Waals surface area contributed by atoms with E-state index in [1.165, 1.54) is 16.7 Å². The van der Waals surface area contributed by atoms with Gasteiger partial charge in [-0.05, 0) is 42.7 Å². The summed E-state index contributed by atoms with van der Waals surface area (Å²) in [4.78, 5) is 33.8. The number of hydrogen-bond acceptors (Lipinski definition) is 4. The van der Waals surface area contributed by atoms with Gasteiger partial charge in [0.2, 0.25) is 11.8 Å². The Bertz CT molecular complexity index is 999. The smallest absolute Gasteiger partial charge is 0.243 e. The summed E-state index contributed by atoms with van der Waals surface area (Å²) in [5, 5.41) is 3.58. The van der Waals surface area contributed by atoms with Crippen LogP contribution in [-0.4, -0.2) is 46.0 Å². The lowest BCUT2D eigenvalue weighted by molar-refractivity contribution is -0.131. The molecule has 1 heterocycles. The summed E-state index contributed by atoms with van der Waals surface area (Å²) in [6.45, 7) is 4.07. The van der Waals surface area contributed by atoms with Crippen molar-refractivity contribution in [2.24, 2.45) is 0 Å². The van der Waals surface area contributed by atoms with Crippen LogP contribution in [0.3, 0.4) is 0 Å². The molecule has 3 rings (SSSR count). The van der Waals surface area contributed by atoms with Gasteiger partial charge in [0.15, 0.2) is 5.16 Å². The molecule has 2 aromatic carbocycles. The molecule has 0 atom stereocenters. The van der Waals surface area contributed by atoms with E-state index >= 15 is 0 Å². The molecule has 7 heteroatoms. The van der Waals surface area contributed by atoms with Crippen LogP contribution in [0.15, 0.2) is 47.6 Å². The van der Waals surface area contributed by atoms with Crippen LogP contribution in [0.4, 0.5) is 5.69 Å². The number of imidazole rings is 1. The van der Waals surface area contributed by atoms with Gasteiger partial charge in [0.05, 0.1) is 23.3 Å². The van der Waals surface area contributed by atoms with Crippen LogP contribution in [0.1, 0.15) is 18.1 Å². The quantitative estimate of drug-likeness (QED) is 0.598. The Balaban J connectivity index is 1.52. The fraction of sp³-hybridized carbons (Fsp3) is 0.286. The lowest BCUT2D eigenvalue weighted by Gasteiger charge is -2.17. The molecule has 146 valence electrons. The van der Waals surface area contributed by atoms with Gasteiger partial charge in [0, 0.05) is 12.7 Å². The van der Waals surface area contributed by atoms with Crippen molar-refractivity contribution in [3.05, 3.63) is 53.6 Å². The average molecular weight is 397 g/mol. The van der Waals surface area contributed by atoms with E-state index in [0.29, 0.717) is 5.16 Å². The summed E-state index contributed by atoms with van der Waals surface area (Å²) in [6.07, 6.45) is 0.832. The Labute approximate surface area is 168 Å². The molecule has 0 aliphatic rings. The van der Waals surface area contributed by atoms with Crippen molar-refractivity contribution in [2.45, 2.75) is 25.4 Å². The topological polar surface area (TPSA) is 78.1 Å². The number of carbonyl (C=O) groups is 2. The van der Waals surface area contributed by atoms with Crippen molar-refractivity contribution in [3.63, 3.8) is 0 Å². The molecule has 0 bridgehead atoms. The number of nitrogens with one attached hydrogen (secondary N) is 2.